The fourth-order valence-electron chi connectivity index (χ4n) is 0.538. The fourth-order valence-corrected chi connectivity index (χ4v) is 0.538. The van der Waals surface area contributed by atoms with Crippen LogP contribution in [-0.4, -0.2) is 19.4 Å². The van der Waals surface area contributed by atoms with Crippen LogP contribution in [0.4, 0.5) is 4.79 Å². The van der Waals surface area contributed by atoms with Gasteiger partial charge in [0.2, 0.25) is 6.79 Å². The molecule has 56 valence electrons. The minimum Gasteiger partial charge on any atom is -0.462 e. The molecule has 0 bridgehead atoms. The Morgan fingerprint density at radius 1 is 1.90 bits per heavy atom. The van der Waals surface area contributed by atoms with E-state index >= 15 is 0 Å². The van der Waals surface area contributed by atoms with Crippen LogP contribution in [0.25, 0.3) is 0 Å². The summed E-state index contributed by atoms with van der Waals surface area (Å²) in [6.45, 7) is 0.505. The van der Waals surface area contributed by atoms with Gasteiger partial charge in [-0.25, -0.2) is 4.79 Å². The number of carbonyl (C=O) groups is 1. The van der Waals surface area contributed by atoms with Crippen molar-refractivity contribution in [3.8, 4) is 0 Å². The number of urea groups is 1. The second-order valence-corrected chi connectivity index (χ2v) is 1.73. The molecule has 10 heavy (non-hydrogen) atoms. The van der Waals surface area contributed by atoms with Crippen LogP contribution in [0.2, 0.25) is 0 Å². The molecule has 1 heterocycles. The number of nitrogens with one attached hydrogen (secondary N) is 1. The average molecular weight is 144 g/mol. The van der Waals surface area contributed by atoms with Crippen molar-refractivity contribution >= 4 is 6.03 Å². The molecule has 0 radical (unpaired) electrons. The van der Waals surface area contributed by atoms with Crippen LogP contribution in [0.3, 0.4) is 0 Å². The van der Waals surface area contributed by atoms with Gasteiger partial charge in [-0.2, -0.15) is 0 Å². The minimum atomic E-state index is -0.573. The second kappa shape index (κ2) is 2.95. The summed E-state index contributed by atoms with van der Waals surface area (Å²) in [6.07, 6.45) is 1.44. The number of carbonyl (C=O) groups excluding carboxylic acids is 1. The Bertz CT molecular complexity index is 166. The van der Waals surface area contributed by atoms with Crippen LogP contribution in [0.5, 0.6) is 0 Å². The van der Waals surface area contributed by atoms with Crippen LogP contribution in [0, 0.1) is 0 Å². The van der Waals surface area contributed by atoms with Gasteiger partial charge in [0.15, 0.2) is 5.76 Å². The van der Waals surface area contributed by atoms with Gasteiger partial charge in [0.25, 0.3) is 0 Å². The number of rotatable bonds is 2. The monoisotopic (exact) mass is 144 g/mol. The van der Waals surface area contributed by atoms with Crippen molar-refractivity contribution in [3.63, 3.8) is 0 Å². The largest absolute Gasteiger partial charge is 0.462 e. The molecule has 0 atom stereocenters. The highest BCUT2D eigenvalue weighted by atomic mass is 16.7. The zero-order valence-electron chi connectivity index (χ0n) is 5.29. The van der Waals surface area contributed by atoms with Crippen molar-refractivity contribution in [3.05, 3.63) is 12.0 Å². The van der Waals surface area contributed by atoms with Gasteiger partial charge in [-0.1, -0.05) is 0 Å². The van der Waals surface area contributed by atoms with Gasteiger partial charge in [0.05, 0.1) is 6.54 Å². The van der Waals surface area contributed by atoms with E-state index in [1.165, 1.54) is 6.26 Å². The maximum absolute atomic E-state index is 10.1. The zero-order valence-corrected chi connectivity index (χ0v) is 5.29. The zero-order chi connectivity index (χ0) is 7.40. The highest BCUT2D eigenvalue weighted by Gasteiger charge is 2.05. The molecule has 0 unspecified atom stereocenters. The summed E-state index contributed by atoms with van der Waals surface area (Å²) in [5, 5.41) is 2.35. The lowest BCUT2D eigenvalue weighted by atomic mass is 10.5. The fraction of sp³-hybridized carbons (Fsp3) is 0.400. The molecule has 1 aliphatic rings. The SMILES string of the molecule is NC(=O)NCC1=COCO1. The summed E-state index contributed by atoms with van der Waals surface area (Å²) in [5.74, 6) is 0.582. The predicted octanol–water partition coefficient (Wildman–Crippen LogP) is -0.500. The Hall–Kier alpha value is -1.39. The predicted molar refractivity (Wildman–Crippen MR) is 32.7 cm³/mol. The molecule has 5 nitrogen and oxygen atoms in total. The van der Waals surface area contributed by atoms with Gasteiger partial charge in [-0.15, -0.1) is 0 Å². The van der Waals surface area contributed by atoms with Gasteiger partial charge >= 0.3 is 6.03 Å². The van der Waals surface area contributed by atoms with Crippen molar-refractivity contribution in [1.82, 2.24) is 5.32 Å². The first kappa shape index (κ1) is 6.73. The van der Waals surface area contributed by atoms with Crippen LogP contribution in [0.1, 0.15) is 0 Å². The number of hydrogen-bond acceptors (Lipinski definition) is 3. The van der Waals surface area contributed by atoms with Gasteiger partial charge in [-0.05, 0) is 0 Å². The lowest BCUT2D eigenvalue weighted by Crippen LogP contribution is -2.30. The van der Waals surface area contributed by atoms with Crippen LogP contribution in [-0.2, 0) is 9.47 Å². The standard InChI is InChI=1S/C5H8N2O3/c6-5(8)7-1-4-2-9-3-10-4/h2H,1,3H2,(H3,6,7,8). The number of ether oxygens (including phenoxy) is 2. The first-order valence-corrected chi connectivity index (χ1v) is 2.76. The number of hydrogen-bond donors (Lipinski definition) is 2. The van der Waals surface area contributed by atoms with E-state index in [0.717, 1.165) is 0 Å². The summed E-state index contributed by atoms with van der Waals surface area (Å²) >= 11 is 0. The van der Waals surface area contributed by atoms with E-state index < -0.39 is 6.03 Å². The molecule has 0 saturated heterocycles. The molecule has 2 amide bonds. The van der Waals surface area contributed by atoms with Gasteiger partial charge < -0.3 is 20.5 Å². The second-order valence-electron chi connectivity index (χ2n) is 1.73. The number of nitrogens with two attached hydrogens (primary N) is 1. The van der Waals surface area contributed by atoms with Gasteiger partial charge in [0, 0.05) is 0 Å². The molecule has 1 aliphatic heterocycles. The lowest BCUT2D eigenvalue weighted by molar-refractivity contribution is 0.0792. The Balaban J connectivity index is 2.19. The molecule has 0 aromatic rings. The van der Waals surface area contributed by atoms with E-state index in [0.29, 0.717) is 5.76 Å². The molecule has 5 heteroatoms. The Morgan fingerprint density at radius 2 is 2.70 bits per heavy atom. The molecule has 0 aromatic heterocycles. The lowest BCUT2D eigenvalue weighted by Gasteiger charge is -1.99. The van der Waals surface area contributed by atoms with Gasteiger partial charge in [0.1, 0.15) is 6.26 Å². The quantitative estimate of drug-likeness (QED) is 0.548. The Morgan fingerprint density at radius 3 is 3.20 bits per heavy atom. The average Bonchev–Trinajstić information content (AvgIpc) is 2.34. The summed E-state index contributed by atoms with van der Waals surface area (Å²) in [7, 11) is 0. The van der Waals surface area contributed by atoms with E-state index in [1.807, 2.05) is 0 Å². The first-order chi connectivity index (χ1) is 4.79. The molecular weight excluding hydrogens is 136 g/mol. The van der Waals surface area contributed by atoms with Crippen molar-refractivity contribution in [1.29, 1.82) is 0 Å². The molecule has 0 fully saturated rings. The first-order valence-electron chi connectivity index (χ1n) is 2.76. The Kier molecular flexibility index (Phi) is 1.99. The van der Waals surface area contributed by atoms with Crippen LogP contribution in [0.15, 0.2) is 12.0 Å². The van der Waals surface area contributed by atoms with Crippen LogP contribution < -0.4 is 11.1 Å². The number of primary amides is 1. The topological polar surface area (TPSA) is 73.6 Å². The molecule has 0 aliphatic carbocycles. The highest BCUT2D eigenvalue weighted by molar-refractivity contribution is 5.71. The van der Waals surface area contributed by atoms with Crippen molar-refractivity contribution in [2.45, 2.75) is 0 Å². The van der Waals surface area contributed by atoms with E-state index in [2.05, 4.69) is 5.32 Å². The van der Waals surface area contributed by atoms with Crippen molar-refractivity contribution < 1.29 is 14.3 Å². The van der Waals surface area contributed by atoms with Crippen molar-refractivity contribution in [2.75, 3.05) is 13.3 Å². The molecule has 3 N–H and O–H groups in total. The Labute approximate surface area is 57.8 Å². The summed E-state index contributed by atoms with van der Waals surface area (Å²) in [6, 6.07) is -0.573. The third-order valence-corrected chi connectivity index (χ3v) is 0.964. The molecule has 0 aromatic carbocycles. The molecule has 0 saturated carbocycles. The maximum atomic E-state index is 10.1. The van der Waals surface area contributed by atoms with Crippen LogP contribution >= 0.6 is 0 Å². The minimum absolute atomic E-state index is 0.218. The van der Waals surface area contributed by atoms with Crippen molar-refractivity contribution in [2.24, 2.45) is 5.73 Å². The van der Waals surface area contributed by atoms with E-state index in [9.17, 15) is 4.79 Å². The third kappa shape index (κ3) is 1.85. The summed E-state index contributed by atoms with van der Waals surface area (Å²) < 4.78 is 9.58. The normalized spacial score (nSPS) is 15.0. The van der Waals surface area contributed by atoms with E-state index in [4.69, 9.17) is 15.2 Å². The molecule has 0 spiro atoms. The molecular formula is C5H8N2O3. The number of amides is 2. The van der Waals surface area contributed by atoms with E-state index in [1.54, 1.807) is 0 Å². The van der Waals surface area contributed by atoms with E-state index in [-0.39, 0.29) is 13.3 Å². The summed E-state index contributed by atoms with van der Waals surface area (Å²) in [5.41, 5.74) is 4.80. The maximum Gasteiger partial charge on any atom is 0.312 e. The smallest absolute Gasteiger partial charge is 0.312 e. The molecule has 1 rings (SSSR count). The highest BCUT2D eigenvalue weighted by Crippen LogP contribution is 2.03. The summed E-state index contributed by atoms with van der Waals surface area (Å²) in [4.78, 5) is 10.1. The van der Waals surface area contributed by atoms with Gasteiger partial charge in [-0.3, -0.25) is 0 Å². The third-order valence-electron chi connectivity index (χ3n) is 0.964.